The van der Waals surface area contributed by atoms with Crippen molar-refractivity contribution in [3.8, 4) is 0 Å². The third-order valence-corrected chi connectivity index (χ3v) is 3.95. The zero-order valence-corrected chi connectivity index (χ0v) is 13.7. The lowest BCUT2D eigenvalue weighted by molar-refractivity contribution is 0.103. The lowest BCUT2D eigenvalue weighted by Gasteiger charge is -2.08. The maximum absolute atomic E-state index is 13.8. The third-order valence-electron chi connectivity index (χ3n) is 3.51. The van der Waals surface area contributed by atoms with Crippen molar-refractivity contribution in [1.82, 2.24) is 14.7 Å². The van der Waals surface area contributed by atoms with E-state index in [1.807, 2.05) is 0 Å². The van der Waals surface area contributed by atoms with Crippen molar-refractivity contribution in [2.75, 3.05) is 6.54 Å². The number of carbonyl (C=O) groups is 1. The molecule has 2 heterocycles. The number of carbonyl (C=O) groups excluding carboxylic acids is 1. The summed E-state index contributed by atoms with van der Waals surface area (Å²) >= 11 is -2.32. The summed E-state index contributed by atoms with van der Waals surface area (Å²) in [6, 6.07) is 7.14. The molecular formula is C16H13FN3O4S-. The van der Waals surface area contributed by atoms with Crippen molar-refractivity contribution >= 4 is 28.3 Å². The molecule has 3 rings (SSSR count). The molecule has 0 amide bonds. The smallest absolute Gasteiger partial charge is 0.247 e. The third kappa shape index (κ3) is 4.32. The largest absolute Gasteiger partial charge is 0.760 e. The molecule has 0 spiro atoms. The fraction of sp³-hybridized carbons (Fsp3) is 0.188. The van der Waals surface area contributed by atoms with E-state index < -0.39 is 22.9 Å². The number of fused-ring (bicyclic) bond motifs is 1. The standard InChI is InChI=1S/C16H14FN3O4S/c17-12-7-10(2-1-5-19-25(22)23)6-11(8-12)15(21)13-3-4-14-16(20-13)24-9-18-14/h3-4,6-9,19H,1-2,5H2,(H,22,23)/p-1. The minimum Gasteiger partial charge on any atom is -0.760 e. The lowest BCUT2D eigenvalue weighted by Crippen LogP contribution is -2.18. The molecule has 1 N–H and O–H groups in total. The fourth-order valence-electron chi connectivity index (χ4n) is 2.40. The van der Waals surface area contributed by atoms with Crippen LogP contribution in [-0.2, 0) is 17.7 Å². The highest BCUT2D eigenvalue weighted by Gasteiger charge is 2.14. The molecule has 7 nitrogen and oxygen atoms in total. The van der Waals surface area contributed by atoms with Gasteiger partial charge in [-0.25, -0.2) is 19.1 Å². The Balaban J connectivity index is 1.78. The number of aryl methyl sites for hydroxylation is 1. The summed E-state index contributed by atoms with van der Waals surface area (Å²) in [4.78, 5) is 20.6. The van der Waals surface area contributed by atoms with Gasteiger partial charge in [-0.1, -0.05) is 0 Å². The van der Waals surface area contributed by atoms with Crippen LogP contribution in [0.25, 0.3) is 11.2 Å². The van der Waals surface area contributed by atoms with Crippen molar-refractivity contribution in [3.63, 3.8) is 0 Å². The molecular weight excluding hydrogens is 349 g/mol. The van der Waals surface area contributed by atoms with Crippen LogP contribution in [-0.4, -0.2) is 31.1 Å². The van der Waals surface area contributed by atoms with Gasteiger partial charge in [0.15, 0.2) is 6.39 Å². The number of oxazole rings is 1. The quantitative estimate of drug-likeness (QED) is 0.391. The Morgan fingerprint density at radius 2 is 2.16 bits per heavy atom. The molecule has 3 aromatic rings. The summed E-state index contributed by atoms with van der Waals surface area (Å²) in [6.07, 6.45) is 2.14. The van der Waals surface area contributed by atoms with Gasteiger partial charge in [-0.15, -0.1) is 0 Å². The normalized spacial score (nSPS) is 12.4. The summed E-state index contributed by atoms with van der Waals surface area (Å²) in [5.41, 5.74) is 1.66. The predicted octanol–water partition coefficient (Wildman–Crippen LogP) is 1.91. The maximum Gasteiger partial charge on any atom is 0.247 e. The van der Waals surface area contributed by atoms with E-state index in [4.69, 9.17) is 4.42 Å². The molecule has 25 heavy (non-hydrogen) atoms. The molecule has 0 aliphatic heterocycles. The predicted molar refractivity (Wildman–Crippen MR) is 86.9 cm³/mol. The molecule has 0 radical (unpaired) electrons. The zero-order chi connectivity index (χ0) is 17.8. The lowest BCUT2D eigenvalue weighted by atomic mass is 10.0. The summed E-state index contributed by atoms with van der Waals surface area (Å²) in [6.45, 7) is 0.236. The topological polar surface area (TPSA) is 108 Å². The SMILES string of the molecule is O=C(c1cc(F)cc(CCCNS(=O)[O-])c1)c1ccc2ncoc2n1. The van der Waals surface area contributed by atoms with Crippen LogP contribution in [0.4, 0.5) is 4.39 Å². The number of hydrogen-bond acceptors (Lipinski definition) is 6. The average Bonchev–Trinajstić information content (AvgIpc) is 3.05. The molecule has 0 saturated carbocycles. The number of ketones is 1. The van der Waals surface area contributed by atoms with Crippen LogP contribution >= 0.6 is 0 Å². The van der Waals surface area contributed by atoms with Crippen LogP contribution in [0, 0.1) is 5.82 Å². The van der Waals surface area contributed by atoms with E-state index >= 15 is 0 Å². The second-order valence-corrected chi connectivity index (χ2v) is 6.04. The van der Waals surface area contributed by atoms with Crippen LogP contribution in [0.2, 0.25) is 0 Å². The Morgan fingerprint density at radius 1 is 1.32 bits per heavy atom. The van der Waals surface area contributed by atoms with Gasteiger partial charge >= 0.3 is 0 Å². The Labute approximate surface area is 144 Å². The molecule has 0 bridgehead atoms. The highest BCUT2D eigenvalue weighted by molar-refractivity contribution is 7.77. The highest BCUT2D eigenvalue weighted by Crippen LogP contribution is 2.17. The first-order valence-electron chi connectivity index (χ1n) is 7.40. The van der Waals surface area contributed by atoms with Gasteiger partial charge in [0.2, 0.25) is 11.5 Å². The van der Waals surface area contributed by atoms with Crippen molar-refractivity contribution in [2.45, 2.75) is 12.8 Å². The first kappa shape index (κ1) is 17.3. The van der Waals surface area contributed by atoms with Gasteiger partial charge in [0.1, 0.15) is 17.0 Å². The molecule has 0 aliphatic rings. The summed E-state index contributed by atoms with van der Waals surface area (Å²) < 4.78 is 41.9. The van der Waals surface area contributed by atoms with Crippen molar-refractivity contribution in [1.29, 1.82) is 0 Å². The molecule has 130 valence electrons. The summed E-state index contributed by atoms with van der Waals surface area (Å²) in [5, 5.41) is 0. The number of benzene rings is 1. The Kier molecular flexibility index (Phi) is 5.27. The van der Waals surface area contributed by atoms with Crippen molar-refractivity contribution in [2.24, 2.45) is 0 Å². The van der Waals surface area contributed by atoms with Crippen molar-refractivity contribution < 1.29 is 22.4 Å². The first-order valence-corrected chi connectivity index (χ1v) is 8.47. The van der Waals surface area contributed by atoms with Gasteiger partial charge in [-0.05, 0) is 48.7 Å². The summed E-state index contributed by atoms with van der Waals surface area (Å²) in [5.74, 6) is -0.972. The number of nitrogens with zero attached hydrogens (tertiary/aromatic N) is 2. The Morgan fingerprint density at radius 3 is 2.96 bits per heavy atom. The van der Waals surface area contributed by atoms with Gasteiger partial charge in [0, 0.05) is 23.4 Å². The maximum atomic E-state index is 13.8. The minimum atomic E-state index is -2.32. The molecule has 1 atom stereocenters. The molecule has 9 heteroatoms. The second-order valence-electron chi connectivity index (χ2n) is 5.28. The van der Waals surface area contributed by atoms with Crippen LogP contribution in [0.1, 0.15) is 28.0 Å². The van der Waals surface area contributed by atoms with E-state index in [0.717, 1.165) is 6.07 Å². The van der Waals surface area contributed by atoms with Gasteiger partial charge < -0.3 is 8.97 Å². The van der Waals surface area contributed by atoms with E-state index in [1.54, 1.807) is 12.1 Å². The van der Waals surface area contributed by atoms with Gasteiger partial charge in [0.25, 0.3) is 0 Å². The Hall–Kier alpha value is -2.49. The number of rotatable bonds is 7. The molecule has 1 aromatic carbocycles. The first-order chi connectivity index (χ1) is 12.0. The number of pyridine rings is 1. The average molecular weight is 362 g/mol. The number of nitrogens with one attached hydrogen (secondary N) is 1. The van der Waals surface area contributed by atoms with Crippen LogP contribution in [0.5, 0.6) is 0 Å². The van der Waals surface area contributed by atoms with E-state index in [2.05, 4.69) is 14.7 Å². The Bertz CT molecular complexity index is 944. The zero-order valence-electron chi connectivity index (χ0n) is 12.9. The van der Waals surface area contributed by atoms with E-state index in [9.17, 15) is 17.9 Å². The fourth-order valence-corrected chi connectivity index (χ4v) is 2.71. The van der Waals surface area contributed by atoms with E-state index in [0.29, 0.717) is 23.9 Å². The van der Waals surface area contributed by atoms with Crippen LogP contribution in [0.15, 0.2) is 41.1 Å². The molecule has 0 saturated heterocycles. The van der Waals surface area contributed by atoms with Gasteiger partial charge in [-0.2, -0.15) is 0 Å². The molecule has 1 unspecified atom stereocenters. The monoisotopic (exact) mass is 362 g/mol. The van der Waals surface area contributed by atoms with Gasteiger partial charge in [-0.3, -0.25) is 9.00 Å². The van der Waals surface area contributed by atoms with Crippen molar-refractivity contribution in [3.05, 3.63) is 59.4 Å². The minimum absolute atomic E-state index is 0.129. The number of halogens is 1. The molecule has 2 aromatic heterocycles. The van der Waals surface area contributed by atoms with Gasteiger partial charge in [0.05, 0.1) is 0 Å². The van der Waals surface area contributed by atoms with E-state index in [1.165, 1.54) is 18.5 Å². The summed E-state index contributed by atoms with van der Waals surface area (Å²) in [7, 11) is 0. The van der Waals surface area contributed by atoms with Crippen LogP contribution in [0.3, 0.4) is 0 Å². The molecule has 0 aliphatic carbocycles. The second kappa shape index (κ2) is 7.60. The number of hydrogen-bond donors (Lipinski definition) is 1. The van der Waals surface area contributed by atoms with E-state index in [-0.39, 0.29) is 23.5 Å². The van der Waals surface area contributed by atoms with Crippen LogP contribution < -0.4 is 4.72 Å². The number of aromatic nitrogens is 2. The molecule has 0 fully saturated rings. The highest BCUT2D eigenvalue weighted by atomic mass is 32.2.